The molecule has 0 saturated carbocycles. The fourth-order valence-corrected chi connectivity index (χ4v) is 2.42. The monoisotopic (exact) mass is 344 g/mol. The van der Waals surface area contributed by atoms with Crippen molar-refractivity contribution in [3.63, 3.8) is 0 Å². The van der Waals surface area contributed by atoms with Gasteiger partial charge >= 0.3 is 5.97 Å². The Bertz CT molecular complexity index is 752. The van der Waals surface area contributed by atoms with Crippen molar-refractivity contribution in [3.05, 3.63) is 40.9 Å². The van der Waals surface area contributed by atoms with E-state index in [1.807, 2.05) is 18.2 Å². The van der Waals surface area contributed by atoms with Gasteiger partial charge in [-0.05, 0) is 24.6 Å². The second-order valence-electron chi connectivity index (χ2n) is 4.52. The minimum atomic E-state index is -0.299. The van der Waals surface area contributed by atoms with Crippen molar-refractivity contribution in [2.45, 2.75) is 13.3 Å². The number of esters is 1. The number of nitrogens with one attached hydrogen (secondary N) is 1. The third-order valence-corrected chi connectivity index (χ3v) is 3.51. The topological polar surface area (TPSA) is 96.6 Å². The van der Waals surface area contributed by atoms with E-state index >= 15 is 0 Å². The predicted molar refractivity (Wildman–Crippen MR) is 91.2 cm³/mol. The number of hydrogen-bond donors (Lipinski definition) is 1. The van der Waals surface area contributed by atoms with Gasteiger partial charge in [0, 0.05) is 5.38 Å². The largest absolute Gasteiger partial charge is 0.479 e. The molecule has 24 heavy (non-hydrogen) atoms. The summed E-state index contributed by atoms with van der Waals surface area (Å²) >= 11 is 1.35. The van der Waals surface area contributed by atoms with Gasteiger partial charge in [-0.2, -0.15) is 10.4 Å². The van der Waals surface area contributed by atoms with Gasteiger partial charge in [0.2, 0.25) is 5.13 Å². The molecule has 1 aromatic carbocycles. The first-order chi connectivity index (χ1) is 11.7. The Morgan fingerprint density at radius 1 is 1.54 bits per heavy atom. The summed E-state index contributed by atoms with van der Waals surface area (Å²) in [5, 5.41) is 15.0. The Labute approximate surface area is 143 Å². The maximum absolute atomic E-state index is 11.4. The van der Waals surface area contributed by atoms with E-state index in [-0.39, 0.29) is 19.0 Å². The van der Waals surface area contributed by atoms with Crippen LogP contribution in [0.25, 0.3) is 0 Å². The van der Waals surface area contributed by atoms with Gasteiger partial charge in [-0.15, -0.1) is 11.3 Å². The molecule has 0 unspecified atom stereocenters. The highest BCUT2D eigenvalue weighted by Gasteiger charge is 2.07. The van der Waals surface area contributed by atoms with Crippen LogP contribution in [-0.4, -0.2) is 30.4 Å². The third kappa shape index (κ3) is 5.70. The van der Waals surface area contributed by atoms with Gasteiger partial charge in [0.15, 0.2) is 6.61 Å². The second kappa shape index (κ2) is 9.27. The number of thiazole rings is 1. The SMILES string of the molecule is CCOC(=O)Cc1csc(NN=Cc2cccc(OCC#N)c2)n1. The number of hydrazone groups is 1. The van der Waals surface area contributed by atoms with Crippen molar-refractivity contribution in [2.24, 2.45) is 5.10 Å². The van der Waals surface area contributed by atoms with Crippen molar-refractivity contribution < 1.29 is 14.3 Å². The van der Waals surface area contributed by atoms with E-state index in [4.69, 9.17) is 14.7 Å². The molecule has 1 aromatic heterocycles. The molecular weight excluding hydrogens is 328 g/mol. The molecule has 0 amide bonds. The van der Waals surface area contributed by atoms with Crippen molar-refractivity contribution in [1.29, 1.82) is 5.26 Å². The van der Waals surface area contributed by atoms with Gasteiger partial charge in [-0.3, -0.25) is 10.2 Å². The number of nitriles is 1. The molecule has 0 fully saturated rings. The van der Waals surface area contributed by atoms with Gasteiger partial charge in [-0.1, -0.05) is 12.1 Å². The highest BCUT2D eigenvalue weighted by atomic mass is 32.1. The molecule has 0 saturated heterocycles. The van der Waals surface area contributed by atoms with Crippen LogP contribution in [0.2, 0.25) is 0 Å². The molecule has 7 nitrogen and oxygen atoms in total. The number of hydrogen-bond acceptors (Lipinski definition) is 8. The number of ether oxygens (including phenoxy) is 2. The highest BCUT2D eigenvalue weighted by Crippen LogP contribution is 2.16. The summed E-state index contributed by atoms with van der Waals surface area (Å²) in [5.41, 5.74) is 4.28. The molecule has 0 spiro atoms. The normalized spacial score (nSPS) is 10.3. The zero-order valence-electron chi connectivity index (χ0n) is 13.1. The number of anilines is 1. The van der Waals surface area contributed by atoms with E-state index in [0.29, 0.717) is 23.2 Å². The lowest BCUT2D eigenvalue weighted by Gasteiger charge is -2.01. The molecule has 124 valence electrons. The average molecular weight is 344 g/mol. The van der Waals surface area contributed by atoms with Crippen LogP contribution in [-0.2, 0) is 16.0 Å². The minimum Gasteiger partial charge on any atom is -0.479 e. The fourth-order valence-electron chi connectivity index (χ4n) is 1.76. The number of carbonyl (C=O) groups is 1. The van der Waals surface area contributed by atoms with Crippen molar-refractivity contribution in [3.8, 4) is 11.8 Å². The van der Waals surface area contributed by atoms with Crippen LogP contribution in [0, 0.1) is 11.3 Å². The summed E-state index contributed by atoms with van der Waals surface area (Å²) in [6, 6.07) is 9.13. The molecule has 2 rings (SSSR count). The molecule has 0 bridgehead atoms. The average Bonchev–Trinajstić information content (AvgIpc) is 3.01. The first kappa shape index (κ1) is 17.4. The number of nitrogens with zero attached hydrogens (tertiary/aromatic N) is 3. The van der Waals surface area contributed by atoms with E-state index in [1.54, 1.807) is 30.7 Å². The van der Waals surface area contributed by atoms with Crippen molar-refractivity contribution >= 4 is 28.7 Å². The summed E-state index contributed by atoms with van der Waals surface area (Å²) in [6.07, 6.45) is 1.76. The van der Waals surface area contributed by atoms with Gasteiger partial charge in [-0.25, -0.2) is 4.98 Å². The molecule has 2 aromatic rings. The summed E-state index contributed by atoms with van der Waals surface area (Å²) in [6.45, 7) is 2.12. The zero-order valence-corrected chi connectivity index (χ0v) is 13.9. The van der Waals surface area contributed by atoms with Gasteiger partial charge < -0.3 is 9.47 Å². The Hall–Kier alpha value is -2.92. The maximum atomic E-state index is 11.4. The fraction of sp³-hybridized carbons (Fsp3) is 0.250. The van der Waals surface area contributed by atoms with Crippen LogP contribution in [0.3, 0.4) is 0 Å². The highest BCUT2D eigenvalue weighted by molar-refractivity contribution is 7.13. The molecular formula is C16H16N4O3S. The zero-order chi connectivity index (χ0) is 17.2. The molecule has 1 heterocycles. The van der Waals surface area contributed by atoms with E-state index in [9.17, 15) is 4.79 Å². The van der Waals surface area contributed by atoms with E-state index < -0.39 is 0 Å². The second-order valence-corrected chi connectivity index (χ2v) is 5.37. The molecule has 0 radical (unpaired) electrons. The first-order valence-electron chi connectivity index (χ1n) is 7.20. The molecule has 0 aliphatic carbocycles. The number of carbonyl (C=O) groups excluding carboxylic acids is 1. The lowest BCUT2D eigenvalue weighted by molar-refractivity contribution is -0.142. The van der Waals surface area contributed by atoms with Crippen LogP contribution in [0.15, 0.2) is 34.7 Å². The summed E-state index contributed by atoms with van der Waals surface area (Å²) < 4.78 is 10.1. The summed E-state index contributed by atoms with van der Waals surface area (Å²) in [7, 11) is 0. The summed E-state index contributed by atoms with van der Waals surface area (Å²) in [5.74, 6) is 0.304. The predicted octanol–water partition coefficient (Wildman–Crippen LogP) is 2.60. The standard InChI is InChI=1S/C16H16N4O3S/c1-2-22-15(21)9-13-11-24-16(19-13)20-18-10-12-4-3-5-14(8-12)23-7-6-17/h3-5,8,10-11H,2,7,9H2,1H3,(H,19,20). The smallest absolute Gasteiger partial charge is 0.311 e. The van der Waals surface area contributed by atoms with Gasteiger partial charge in [0.05, 0.1) is 24.9 Å². The molecule has 0 aliphatic rings. The Balaban J connectivity index is 1.89. The lowest BCUT2D eigenvalue weighted by atomic mass is 10.2. The van der Waals surface area contributed by atoms with Gasteiger partial charge in [0.25, 0.3) is 0 Å². The van der Waals surface area contributed by atoms with Crippen LogP contribution >= 0.6 is 11.3 Å². The van der Waals surface area contributed by atoms with Gasteiger partial charge in [0.1, 0.15) is 11.8 Å². The number of aromatic nitrogens is 1. The Kier molecular flexibility index (Phi) is 6.73. The van der Waals surface area contributed by atoms with E-state index in [0.717, 1.165) is 5.56 Å². The van der Waals surface area contributed by atoms with Crippen molar-refractivity contribution in [1.82, 2.24) is 4.98 Å². The lowest BCUT2D eigenvalue weighted by Crippen LogP contribution is -2.07. The van der Waals surface area contributed by atoms with Crippen LogP contribution in [0.4, 0.5) is 5.13 Å². The van der Waals surface area contributed by atoms with Crippen LogP contribution < -0.4 is 10.2 Å². The Morgan fingerprint density at radius 3 is 3.21 bits per heavy atom. The van der Waals surface area contributed by atoms with Crippen LogP contribution in [0.1, 0.15) is 18.2 Å². The van der Waals surface area contributed by atoms with E-state index in [1.165, 1.54) is 11.3 Å². The minimum absolute atomic E-state index is 0.00119. The van der Waals surface area contributed by atoms with Crippen LogP contribution in [0.5, 0.6) is 5.75 Å². The number of rotatable bonds is 8. The summed E-state index contributed by atoms with van der Waals surface area (Å²) in [4.78, 5) is 15.6. The van der Waals surface area contributed by atoms with Crippen molar-refractivity contribution in [2.75, 3.05) is 18.6 Å². The third-order valence-electron chi connectivity index (χ3n) is 2.72. The van der Waals surface area contributed by atoms with E-state index in [2.05, 4.69) is 15.5 Å². The molecule has 0 atom stereocenters. The first-order valence-corrected chi connectivity index (χ1v) is 8.08. The maximum Gasteiger partial charge on any atom is 0.311 e. The number of benzene rings is 1. The molecule has 8 heteroatoms. The molecule has 0 aliphatic heterocycles. The Morgan fingerprint density at radius 2 is 2.42 bits per heavy atom. The molecule has 1 N–H and O–H groups in total. The quantitative estimate of drug-likeness (QED) is 0.449.